The van der Waals surface area contributed by atoms with E-state index in [0.717, 1.165) is 45.2 Å². The molecule has 0 aromatic rings. The molecule has 21 heavy (non-hydrogen) atoms. The van der Waals surface area contributed by atoms with Crippen molar-refractivity contribution in [3.63, 3.8) is 0 Å². The SMILES string of the molecule is CCC(C)(CC)NC(=O)NCCC1CCN(C(C)=O)CC1. The molecule has 0 spiro atoms. The minimum atomic E-state index is -0.114. The van der Waals surface area contributed by atoms with Crippen molar-refractivity contribution in [3.05, 3.63) is 0 Å². The molecular formula is C16H31N3O2. The molecule has 1 rings (SSSR count). The van der Waals surface area contributed by atoms with Crippen LogP contribution in [-0.2, 0) is 4.79 Å². The fourth-order valence-electron chi connectivity index (χ4n) is 2.67. The molecule has 1 fully saturated rings. The quantitative estimate of drug-likeness (QED) is 0.791. The van der Waals surface area contributed by atoms with Crippen LogP contribution in [0.25, 0.3) is 0 Å². The lowest BCUT2D eigenvalue weighted by Gasteiger charge is -2.31. The molecule has 0 bridgehead atoms. The van der Waals surface area contributed by atoms with E-state index in [0.29, 0.717) is 12.5 Å². The molecule has 1 heterocycles. The van der Waals surface area contributed by atoms with Crippen LogP contribution in [0.15, 0.2) is 0 Å². The summed E-state index contributed by atoms with van der Waals surface area (Å²) in [7, 11) is 0. The van der Waals surface area contributed by atoms with Gasteiger partial charge in [-0.15, -0.1) is 0 Å². The third kappa shape index (κ3) is 5.94. The summed E-state index contributed by atoms with van der Waals surface area (Å²) in [5, 5.41) is 6.01. The zero-order valence-electron chi connectivity index (χ0n) is 14.0. The van der Waals surface area contributed by atoms with E-state index in [-0.39, 0.29) is 17.5 Å². The van der Waals surface area contributed by atoms with Crippen LogP contribution in [-0.4, -0.2) is 42.0 Å². The summed E-state index contributed by atoms with van der Waals surface area (Å²) in [6.07, 6.45) is 4.95. The van der Waals surface area contributed by atoms with Gasteiger partial charge in [-0.2, -0.15) is 0 Å². The summed E-state index contributed by atoms with van der Waals surface area (Å²) >= 11 is 0. The van der Waals surface area contributed by atoms with E-state index in [1.54, 1.807) is 6.92 Å². The van der Waals surface area contributed by atoms with Gasteiger partial charge in [-0.3, -0.25) is 4.79 Å². The Morgan fingerprint density at radius 2 is 1.76 bits per heavy atom. The van der Waals surface area contributed by atoms with Crippen molar-refractivity contribution in [2.24, 2.45) is 5.92 Å². The number of likely N-dealkylation sites (tertiary alicyclic amines) is 1. The molecule has 5 heteroatoms. The summed E-state index contributed by atoms with van der Waals surface area (Å²) in [4.78, 5) is 25.1. The van der Waals surface area contributed by atoms with Crippen LogP contribution < -0.4 is 10.6 Å². The van der Waals surface area contributed by atoms with Gasteiger partial charge in [-0.25, -0.2) is 4.79 Å². The average molecular weight is 297 g/mol. The predicted octanol–water partition coefficient (Wildman–Crippen LogP) is 2.51. The van der Waals surface area contributed by atoms with E-state index < -0.39 is 0 Å². The van der Waals surface area contributed by atoms with Crippen molar-refractivity contribution >= 4 is 11.9 Å². The lowest BCUT2D eigenvalue weighted by atomic mass is 9.93. The molecule has 0 unspecified atom stereocenters. The van der Waals surface area contributed by atoms with E-state index in [1.807, 2.05) is 4.90 Å². The monoisotopic (exact) mass is 297 g/mol. The van der Waals surface area contributed by atoms with Crippen molar-refractivity contribution in [2.45, 2.75) is 65.3 Å². The van der Waals surface area contributed by atoms with Gasteiger partial charge >= 0.3 is 6.03 Å². The number of amides is 3. The lowest BCUT2D eigenvalue weighted by molar-refractivity contribution is -0.130. The molecule has 1 saturated heterocycles. The van der Waals surface area contributed by atoms with Crippen molar-refractivity contribution in [1.82, 2.24) is 15.5 Å². The highest BCUT2D eigenvalue weighted by atomic mass is 16.2. The third-order valence-electron chi connectivity index (χ3n) is 4.87. The topological polar surface area (TPSA) is 61.4 Å². The van der Waals surface area contributed by atoms with Gasteiger partial charge in [0.05, 0.1) is 0 Å². The van der Waals surface area contributed by atoms with Gasteiger partial charge in [-0.1, -0.05) is 13.8 Å². The average Bonchev–Trinajstić information content (AvgIpc) is 2.47. The van der Waals surface area contributed by atoms with Gasteiger partial charge in [0, 0.05) is 32.1 Å². The maximum absolute atomic E-state index is 11.9. The smallest absolute Gasteiger partial charge is 0.315 e. The normalized spacial score (nSPS) is 16.7. The van der Waals surface area contributed by atoms with E-state index in [9.17, 15) is 9.59 Å². The van der Waals surface area contributed by atoms with Crippen LogP contribution in [0.4, 0.5) is 4.79 Å². The first-order valence-corrected chi connectivity index (χ1v) is 8.21. The Kier molecular flexibility index (Phi) is 6.99. The van der Waals surface area contributed by atoms with Gasteiger partial charge in [0.1, 0.15) is 0 Å². The first-order valence-electron chi connectivity index (χ1n) is 8.21. The molecule has 0 saturated carbocycles. The molecule has 0 aliphatic carbocycles. The molecular weight excluding hydrogens is 266 g/mol. The van der Waals surface area contributed by atoms with Crippen LogP contribution in [0.3, 0.4) is 0 Å². The summed E-state index contributed by atoms with van der Waals surface area (Å²) in [5.41, 5.74) is -0.114. The van der Waals surface area contributed by atoms with Gasteiger partial charge in [-0.05, 0) is 44.9 Å². The minimum absolute atomic E-state index is 0.0672. The molecule has 122 valence electrons. The molecule has 0 aromatic heterocycles. The first-order chi connectivity index (χ1) is 9.90. The second-order valence-corrected chi connectivity index (χ2v) is 6.39. The van der Waals surface area contributed by atoms with Crippen LogP contribution in [0, 0.1) is 5.92 Å². The minimum Gasteiger partial charge on any atom is -0.343 e. The van der Waals surface area contributed by atoms with Crippen LogP contribution in [0.2, 0.25) is 0 Å². The highest BCUT2D eigenvalue weighted by Crippen LogP contribution is 2.20. The number of hydrogen-bond acceptors (Lipinski definition) is 2. The first kappa shape index (κ1) is 17.8. The fourth-order valence-corrected chi connectivity index (χ4v) is 2.67. The second kappa shape index (κ2) is 8.25. The number of urea groups is 1. The highest BCUT2D eigenvalue weighted by molar-refractivity contribution is 5.74. The Morgan fingerprint density at radius 1 is 1.19 bits per heavy atom. The largest absolute Gasteiger partial charge is 0.343 e. The zero-order valence-corrected chi connectivity index (χ0v) is 14.0. The Labute approximate surface area is 128 Å². The molecule has 1 aliphatic heterocycles. The predicted molar refractivity (Wildman–Crippen MR) is 85.1 cm³/mol. The Morgan fingerprint density at radius 3 is 2.24 bits per heavy atom. The van der Waals surface area contributed by atoms with Crippen molar-refractivity contribution in [1.29, 1.82) is 0 Å². The summed E-state index contributed by atoms with van der Waals surface area (Å²) < 4.78 is 0. The van der Waals surface area contributed by atoms with E-state index in [2.05, 4.69) is 31.4 Å². The molecule has 2 N–H and O–H groups in total. The fraction of sp³-hybridized carbons (Fsp3) is 0.875. The summed E-state index contributed by atoms with van der Waals surface area (Å²) in [5.74, 6) is 0.786. The Hall–Kier alpha value is -1.26. The van der Waals surface area contributed by atoms with Crippen molar-refractivity contribution in [3.8, 4) is 0 Å². The number of nitrogens with zero attached hydrogens (tertiary/aromatic N) is 1. The standard InChI is InChI=1S/C16H31N3O2/c1-5-16(4,6-2)18-15(21)17-10-7-14-8-11-19(12-9-14)13(3)20/h14H,5-12H2,1-4H3,(H2,17,18,21). The maximum atomic E-state index is 11.9. The molecule has 0 aromatic carbocycles. The lowest BCUT2D eigenvalue weighted by Crippen LogP contribution is -2.49. The molecule has 0 radical (unpaired) electrons. The number of rotatable bonds is 6. The summed E-state index contributed by atoms with van der Waals surface area (Å²) in [6, 6.07) is -0.0672. The molecule has 5 nitrogen and oxygen atoms in total. The van der Waals surface area contributed by atoms with Gasteiger partial charge in [0.25, 0.3) is 0 Å². The number of carbonyl (C=O) groups is 2. The van der Waals surface area contributed by atoms with Crippen LogP contribution in [0.5, 0.6) is 0 Å². The maximum Gasteiger partial charge on any atom is 0.315 e. The molecule has 3 amide bonds. The number of carbonyl (C=O) groups excluding carboxylic acids is 2. The van der Waals surface area contributed by atoms with Crippen molar-refractivity contribution in [2.75, 3.05) is 19.6 Å². The molecule has 1 aliphatic rings. The molecule has 0 atom stereocenters. The number of piperidine rings is 1. The van der Waals surface area contributed by atoms with Gasteiger partial charge < -0.3 is 15.5 Å². The summed E-state index contributed by atoms with van der Waals surface area (Å²) in [6.45, 7) is 10.3. The van der Waals surface area contributed by atoms with E-state index in [4.69, 9.17) is 0 Å². The second-order valence-electron chi connectivity index (χ2n) is 6.39. The van der Waals surface area contributed by atoms with Crippen LogP contribution >= 0.6 is 0 Å². The Balaban J connectivity index is 2.20. The van der Waals surface area contributed by atoms with E-state index in [1.165, 1.54) is 0 Å². The van der Waals surface area contributed by atoms with Gasteiger partial charge in [0.2, 0.25) is 5.91 Å². The van der Waals surface area contributed by atoms with Gasteiger partial charge in [0.15, 0.2) is 0 Å². The zero-order chi connectivity index (χ0) is 15.9. The van der Waals surface area contributed by atoms with Crippen molar-refractivity contribution < 1.29 is 9.59 Å². The highest BCUT2D eigenvalue weighted by Gasteiger charge is 2.23. The third-order valence-corrected chi connectivity index (χ3v) is 4.87. The number of hydrogen-bond donors (Lipinski definition) is 2. The Bertz CT molecular complexity index is 345. The number of nitrogens with one attached hydrogen (secondary N) is 2. The van der Waals surface area contributed by atoms with Crippen LogP contribution in [0.1, 0.15) is 59.8 Å². The van der Waals surface area contributed by atoms with E-state index >= 15 is 0 Å².